The summed E-state index contributed by atoms with van der Waals surface area (Å²) in [5, 5.41) is 5.75. The van der Waals surface area contributed by atoms with Crippen molar-refractivity contribution in [3.05, 3.63) is 35.4 Å². The molecule has 0 bridgehead atoms. The van der Waals surface area contributed by atoms with Crippen molar-refractivity contribution >= 4 is 11.8 Å². The lowest BCUT2D eigenvalue weighted by atomic mass is 10.1. The Morgan fingerprint density at radius 2 is 2.10 bits per heavy atom. The maximum absolute atomic E-state index is 12.1. The minimum absolute atomic E-state index is 0.0879. The number of carbonyl (C=O) groups excluding carboxylic acids is 2. The minimum atomic E-state index is -0.661. The van der Waals surface area contributed by atoms with Crippen molar-refractivity contribution in [1.82, 2.24) is 10.6 Å². The van der Waals surface area contributed by atoms with E-state index in [0.717, 1.165) is 24.8 Å². The maximum Gasteiger partial charge on any atom is 0.251 e. The van der Waals surface area contributed by atoms with Crippen LogP contribution in [-0.4, -0.2) is 23.4 Å². The molecule has 0 spiro atoms. The van der Waals surface area contributed by atoms with E-state index in [4.69, 9.17) is 5.73 Å². The molecule has 1 aromatic rings. The molecule has 1 aliphatic rings. The molecule has 1 aliphatic carbocycles. The third-order valence-corrected chi connectivity index (χ3v) is 3.87. The second-order valence-electron chi connectivity index (χ2n) is 5.82. The van der Waals surface area contributed by atoms with Crippen LogP contribution in [0.3, 0.4) is 0 Å². The number of carbonyl (C=O) groups is 2. The molecule has 1 aromatic carbocycles. The van der Waals surface area contributed by atoms with Crippen LogP contribution in [0.4, 0.5) is 0 Å². The van der Waals surface area contributed by atoms with Crippen LogP contribution in [0.25, 0.3) is 0 Å². The number of nitrogens with one attached hydrogen (secondary N) is 2. The Kier molecular flexibility index (Phi) is 4.63. The Labute approximate surface area is 125 Å². The van der Waals surface area contributed by atoms with Gasteiger partial charge >= 0.3 is 0 Å². The molecule has 0 aromatic heterocycles. The fourth-order valence-corrected chi connectivity index (χ4v) is 1.95. The van der Waals surface area contributed by atoms with Crippen molar-refractivity contribution in [2.45, 2.75) is 51.2 Å². The van der Waals surface area contributed by atoms with Gasteiger partial charge in [0.15, 0.2) is 0 Å². The van der Waals surface area contributed by atoms with Crippen molar-refractivity contribution in [3.63, 3.8) is 0 Å². The van der Waals surface area contributed by atoms with E-state index in [1.165, 1.54) is 0 Å². The predicted octanol–water partition coefficient (Wildman–Crippen LogP) is 1.32. The molecule has 2 amide bonds. The van der Waals surface area contributed by atoms with Gasteiger partial charge in [0.05, 0.1) is 5.54 Å². The third-order valence-electron chi connectivity index (χ3n) is 3.87. The first-order chi connectivity index (χ1) is 9.94. The summed E-state index contributed by atoms with van der Waals surface area (Å²) in [6, 6.07) is 7.43. The van der Waals surface area contributed by atoms with Gasteiger partial charge in [0, 0.05) is 18.2 Å². The van der Waals surface area contributed by atoms with E-state index in [2.05, 4.69) is 10.6 Å². The quantitative estimate of drug-likeness (QED) is 0.738. The normalized spacial score (nSPS) is 16.9. The van der Waals surface area contributed by atoms with E-state index >= 15 is 0 Å². The zero-order chi connectivity index (χ0) is 15.5. The molecule has 114 valence electrons. The molecule has 0 heterocycles. The van der Waals surface area contributed by atoms with E-state index in [9.17, 15) is 9.59 Å². The van der Waals surface area contributed by atoms with E-state index in [1.54, 1.807) is 12.1 Å². The molecule has 0 aliphatic heterocycles. The average molecular weight is 289 g/mol. The number of hydrogen-bond donors (Lipinski definition) is 3. The highest BCUT2D eigenvalue weighted by Crippen LogP contribution is 2.32. The lowest BCUT2D eigenvalue weighted by Gasteiger charge is -2.13. The smallest absolute Gasteiger partial charge is 0.251 e. The monoisotopic (exact) mass is 289 g/mol. The summed E-state index contributed by atoms with van der Waals surface area (Å²) >= 11 is 0. The molecule has 4 N–H and O–H groups in total. The van der Waals surface area contributed by atoms with Gasteiger partial charge in [0.25, 0.3) is 5.91 Å². The highest BCUT2D eigenvalue weighted by molar-refractivity contribution is 5.94. The Bertz CT molecular complexity index is 538. The fraction of sp³-hybridized carbons (Fsp3) is 0.500. The van der Waals surface area contributed by atoms with E-state index < -0.39 is 5.54 Å². The van der Waals surface area contributed by atoms with Crippen molar-refractivity contribution in [3.8, 4) is 0 Å². The van der Waals surface area contributed by atoms with Crippen molar-refractivity contribution in [2.75, 3.05) is 0 Å². The third kappa shape index (κ3) is 4.04. The van der Waals surface area contributed by atoms with Gasteiger partial charge < -0.3 is 16.4 Å². The van der Waals surface area contributed by atoms with Crippen LogP contribution in [0.15, 0.2) is 24.3 Å². The highest BCUT2D eigenvalue weighted by atomic mass is 16.2. The van der Waals surface area contributed by atoms with Gasteiger partial charge in [-0.3, -0.25) is 9.59 Å². The maximum atomic E-state index is 12.1. The van der Waals surface area contributed by atoms with Crippen molar-refractivity contribution in [1.29, 1.82) is 0 Å². The number of benzene rings is 1. The molecule has 21 heavy (non-hydrogen) atoms. The van der Waals surface area contributed by atoms with Crippen LogP contribution in [0.2, 0.25) is 0 Å². The molecule has 1 atom stereocenters. The molecular weight excluding hydrogens is 266 g/mol. The van der Waals surface area contributed by atoms with Gasteiger partial charge in [-0.1, -0.05) is 19.1 Å². The van der Waals surface area contributed by atoms with Crippen LogP contribution < -0.4 is 16.4 Å². The number of nitrogens with two attached hydrogens (primary N) is 1. The van der Waals surface area contributed by atoms with Crippen LogP contribution in [-0.2, 0) is 11.3 Å². The first-order valence-corrected chi connectivity index (χ1v) is 7.41. The Hall–Kier alpha value is -1.88. The lowest BCUT2D eigenvalue weighted by molar-refractivity contribution is -0.123. The first-order valence-electron chi connectivity index (χ1n) is 7.41. The molecule has 2 rings (SSSR count). The van der Waals surface area contributed by atoms with Crippen LogP contribution in [0.5, 0.6) is 0 Å². The SMILES string of the molecule is CCC(C)NC(=O)c1cccc(CNC(=O)C2(N)CC2)c1. The summed E-state index contributed by atoms with van der Waals surface area (Å²) in [5.74, 6) is -0.202. The highest BCUT2D eigenvalue weighted by Gasteiger charge is 2.45. The molecule has 0 radical (unpaired) electrons. The molecule has 1 fully saturated rings. The summed E-state index contributed by atoms with van der Waals surface area (Å²) in [4.78, 5) is 23.8. The second-order valence-corrected chi connectivity index (χ2v) is 5.82. The summed E-state index contributed by atoms with van der Waals surface area (Å²) in [6.07, 6.45) is 2.38. The topological polar surface area (TPSA) is 84.2 Å². The lowest BCUT2D eigenvalue weighted by Crippen LogP contribution is -2.42. The number of amides is 2. The zero-order valence-electron chi connectivity index (χ0n) is 12.6. The Morgan fingerprint density at radius 1 is 1.38 bits per heavy atom. The molecule has 5 heteroatoms. The summed E-state index contributed by atoms with van der Waals surface area (Å²) in [6.45, 7) is 4.39. The van der Waals surface area contributed by atoms with Crippen molar-refractivity contribution < 1.29 is 9.59 Å². The summed E-state index contributed by atoms with van der Waals surface area (Å²) in [5.41, 5.74) is 6.67. The molecule has 1 saturated carbocycles. The van der Waals surface area contributed by atoms with Gasteiger partial charge in [-0.2, -0.15) is 0 Å². The van der Waals surface area contributed by atoms with Crippen LogP contribution >= 0.6 is 0 Å². The molecular formula is C16H23N3O2. The van der Waals surface area contributed by atoms with E-state index in [0.29, 0.717) is 12.1 Å². The van der Waals surface area contributed by atoms with Gasteiger partial charge in [-0.05, 0) is 43.9 Å². The van der Waals surface area contributed by atoms with Crippen LogP contribution in [0, 0.1) is 0 Å². The zero-order valence-corrected chi connectivity index (χ0v) is 12.6. The Morgan fingerprint density at radius 3 is 2.71 bits per heavy atom. The van der Waals surface area contributed by atoms with Gasteiger partial charge in [0.2, 0.25) is 5.91 Å². The van der Waals surface area contributed by atoms with E-state index in [1.807, 2.05) is 26.0 Å². The standard InChI is InChI=1S/C16H23N3O2/c1-3-11(2)19-14(20)13-6-4-5-12(9-13)10-18-15(21)16(17)7-8-16/h4-6,9,11H,3,7-8,10,17H2,1-2H3,(H,18,21)(H,19,20). The average Bonchev–Trinajstić information content (AvgIpc) is 3.24. The fourth-order valence-electron chi connectivity index (χ4n) is 1.95. The number of rotatable bonds is 6. The molecule has 0 saturated heterocycles. The summed E-state index contributed by atoms with van der Waals surface area (Å²) in [7, 11) is 0. The van der Waals surface area contributed by atoms with Crippen molar-refractivity contribution in [2.24, 2.45) is 5.73 Å². The Balaban J connectivity index is 1.94. The largest absolute Gasteiger partial charge is 0.350 e. The summed E-state index contributed by atoms with van der Waals surface area (Å²) < 4.78 is 0. The van der Waals surface area contributed by atoms with E-state index in [-0.39, 0.29) is 17.9 Å². The van der Waals surface area contributed by atoms with Gasteiger partial charge in [-0.15, -0.1) is 0 Å². The second kappa shape index (κ2) is 6.26. The number of hydrogen-bond acceptors (Lipinski definition) is 3. The molecule has 1 unspecified atom stereocenters. The van der Waals surface area contributed by atoms with Gasteiger partial charge in [0.1, 0.15) is 0 Å². The van der Waals surface area contributed by atoms with Crippen LogP contribution in [0.1, 0.15) is 49.0 Å². The minimum Gasteiger partial charge on any atom is -0.350 e. The first kappa shape index (κ1) is 15.5. The predicted molar refractivity (Wildman–Crippen MR) is 81.7 cm³/mol. The van der Waals surface area contributed by atoms with Gasteiger partial charge in [-0.25, -0.2) is 0 Å². The molecule has 5 nitrogen and oxygen atoms in total.